The van der Waals surface area contributed by atoms with Crippen LogP contribution in [-0.2, 0) is 4.79 Å². The fourth-order valence-corrected chi connectivity index (χ4v) is 5.06. The fourth-order valence-electron chi connectivity index (χ4n) is 3.74. The molecule has 0 aliphatic heterocycles. The van der Waals surface area contributed by atoms with Crippen molar-refractivity contribution in [1.82, 2.24) is 14.8 Å². The van der Waals surface area contributed by atoms with Crippen LogP contribution in [-0.4, -0.2) is 27.8 Å². The first-order valence-electron chi connectivity index (χ1n) is 11.0. The van der Waals surface area contributed by atoms with E-state index in [2.05, 4.69) is 20.1 Å². The van der Waals surface area contributed by atoms with Crippen molar-refractivity contribution in [3.63, 3.8) is 0 Å². The highest BCUT2D eigenvalue weighted by Gasteiger charge is 2.33. The third kappa shape index (κ3) is 4.81. The van der Waals surface area contributed by atoms with Gasteiger partial charge in [0.15, 0.2) is 5.16 Å². The summed E-state index contributed by atoms with van der Waals surface area (Å²) in [6.45, 7) is 0. The highest BCUT2D eigenvalue weighted by atomic mass is 35.5. The molecule has 34 heavy (non-hydrogen) atoms. The van der Waals surface area contributed by atoms with Crippen molar-refractivity contribution < 1.29 is 9.53 Å². The summed E-state index contributed by atoms with van der Waals surface area (Å²) in [5.74, 6) is 1.74. The molecule has 1 heterocycles. The van der Waals surface area contributed by atoms with E-state index < -0.39 is 5.25 Å². The number of nitrogens with zero attached hydrogens (tertiary/aromatic N) is 3. The zero-order valence-corrected chi connectivity index (χ0v) is 20.1. The van der Waals surface area contributed by atoms with Crippen molar-refractivity contribution in [3.8, 4) is 11.4 Å². The molecule has 6 nitrogen and oxygen atoms in total. The lowest BCUT2D eigenvalue weighted by molar-refractivity contribution is -0.115. The Labute approximate surface area is 207 Å². The number of halogens is 1. The van der Waals surface area contributed by atoms with E-state index >= 15 is 0 Å². The van der Waals surface area contributed by atoms with Gasteiger partial charge in [0.2, 0.25) is 5.91 Å². The molecular weight excluding hydrogens is 468 g/mol. The molecule has 0 radical (unpaired) electrons. The Morgan fingerprint density at radius 3 is 2.41 bits per heavy atom. The normalized spacial score (nSPS) is 13.9. The van der Waals surface area contributed by atoms with Crippen LogP contribution in [0.3, 0.4) is 0 Å². The van der Waals surface area contributed by atoms with Crippen molar-refractivity contribution in [2.45, 2.75) is 29.2 Å². The van der Waals surface area contributed by atoms with Gasteiger partial charge in [0.25, 0.3) is 0 Å². The van der Waals surface area contributed by atoms with Crippen molar-refractivity contribution >= 4 is 35.0 Å². The molecule has 1 N–H and O–H groups in total. The number of para-hydroxylation sites is 1. The number of aromatic nitrogens is 3. The molecule has 1 saturated carbocycles. The van der Waals surface area contributed by atoms with Gasteiger partial charge in [-0.15, -0.1) is 10.2 Å². The van der Waals surface area contributed by atoms with Crippen LogP contribution in [0.1, 0.15) is 35.4 Å². The molecule has 0 spiro atoms. The lowest BCUT2D eigenvalue weighted by Gasteiger charge is -2.18. The van der Waals surface area contributed by atoms with E-state index in [4.69, 9.17) is 16.3 Å². The van der Waals surface area contributed by atoms with E-state index in [0.29, 0.717) is 27.5 Å². The summed E-state index contributed by atoms with van der Waals surface area (Å²) in [5, 5.41) is 12.6. The highest BCUT2D eigenvalue weighted by molar-refractivity contribution is 8.00. The summed E-state index contributed by atoms with van der Waals surface area (Å²) < 4.78 is 7.30. The predicted molar refractivity (Wildman–Crippen MR) is 135 cm³/mol. The van der Waals surface area contributed by atoms with Gasteiger partial charge in [0.05, 0.1) is 12.1 Å². The second-order valence-electron chi connectivity index (χ2n) is 8.03. The van der Waals surface area contributed by atoms with Gasteiger partial charge in [-0.05, 0) is 48.7 Å². The zero-order valence-electron chi connectivity index (χ0n) is 18.5. The molecule has 1 atom stereocenters. The molecular formula is C26H23ClN4O2S. The molecule has 0 saturated heterocycles. The molecule has 1 aliphatic rings. The van der Waals surface area contributed by atoms with Gasteiger partial charge in [-0.2, -0.15) is 0 Å². The number of carbonyl (C=O) groups is 1. The number of amides is 1. The second-order valence-corrected chi connectivity index (χ2v) is 9.51. The number of hydrogen-bond acceptors (Lipinski definition) is 5. The first-order chi connectivity index (χ1) is 16.6. The maximum absolute atomic E-state index is 13.5. The van der Waals surface area contributed by atoms with E-state index in [-0.39, 0.29) is 5.91 Å². The van der Waals surface area contributed by atoms with Crippen LogP contribution in [0.4, 0.5) is 5.69 Å². The van der Waals surface area contributed by atoms with Gasteiger partial charge in [-0.25, -0.2) is 0 Å². The van der Waals surface area contributed by atoms with Crippen LogP contribution < -0.4 is 10.1 Å². The molecule has 4 aromatic rings. The number of carbonyl (C=O) groups excluding carboxylic acids is 1. The molecule has 1 amide bonds. The van der Waals surface area contributed by atoms with Gasteiger partial charge in [-0.1, -0.05) is 71.9 Å². The summed E-state index contributed by atoms with van der Waals surface area (Å²) in [6.07, 6.45) is 2.22. The summed E-state index contributed by atoms with van der Waals surface area (Å²) in [4.78, 5) is 13.5. The average molecular weight is 491 g/mol. The van der Waals surface area contributed by atoms with Gasteiger partial charge < -0.3 is 10.1 Å². The number of methoxy groups -OCH3 is 1. The van der Waals surface area contributed by atoms with Crippen molar-refractivity contribution in [3.05, 3.63) is 95.3 Å². The summed E-state index contributed by atoms with van der Waals surface area (Å²) in [6, 6.07) is 24.9. The minimum Gasteiger partial charge on any atom is -0.495 e. The average Bonchev–Trinajstić information content (AvgIpc) is 3.63. The number of ether oxygens (including phenoxy) is 1. The van der Waals surface area contributed by atoms with Crippen LogP contribution in [0, 0.1) is 0 Å². The first-order valence-corrected chi connectivity index (χ1v) is 12.3. The topological polar surface area (TPSA) is 69.0 Å². The molecule has 8 heteroatoms. The Bertz CT molecular complexity index is 1290. The molecule has 0 bridgehead atoms. The Balaban J connectivity index is 1.48. The quantitative estimate of drug-likeness (QED) is 0.294. The Hall–Kier alpha value is -3.29. The lowest BCUT2D eigenvalue weighted by atomic mass is 10.1. The zero-order chi connectivity index (χ0) is 23.5. The van der Waals surface area contributed by atoms with Gasteiger partial charge >= 0.3 is 0 Å². The third-order valence-electron chi connectivity index (χ3n) is 5.60. The van der Waals surface area contributed by atoms with Gasteiger partial charge in [0, 0.05) is 17.3 Å². The fraction of sp³-hybridized carbons (Fsp3) is 0.192. The third-order valence-corrected chi connectivity index (χ3v) is 7.09. The predicted octanol–water partition coefficient (Wildman–Crippen LogP) is 6.28. The minimum absolute atomic E-state index is 0.173. The lowest BCUT2D eigenvalue weighted by Crippen LogP contribution is -2.19. The van der Waals surface area contributed by atoms with Crippen LogP contribution in [0.5, 0.6) is 5.75 Å². The Kier molecular flexibility index (Phi) is 6.56. The first kappa shape index (κ1) is 22.5. The maximum atomic E-state index is 13.5. The molecule has 172 valence electrons. The standard InChI is InChI=1S/C26H23ClN4O2S/c1-33-22-15-14-19(16-21(22)27)28-25(32)23(17-8-4-2-5-9-17)34-26-30-29-24(18-12-13-18)31(26)20-10-6-3-7-11-20/h2-11,14-16,18,23H,12-13H2,1H3,(H,28,32). The Morgan fingerprint density at radius 1 is 1.06 bits per heavy atom. The smallest absolute Gasteiger partial charge is 0.242 e. The number of anilines is 1. The van der Waals surface area contributed by atoms with Gasteiger partial charge in [0.1, 0.15) is 16.8 Å². The molecule has 1 aliphatic carbocycles. The van der Waals surface area contributed by atoms with E-state index in [9.17, 15) is 4.79 Å². The maximum Gasteiger partial charge on any atom is 0.242 e. The highest BCUT2D eigenvalue weighted by Crippen LogP contribution is 2.43. The number of rotatable bonds is 8. The second kappa shape index (κ2) is 9.91. The molecule has 1 unspecified atom stereocenters. The number of nitrogens with one attached hydrogen (secondary N) is 1. The monoisotopic (exact) mass is 490 g/mol. The number of benzene rings is 3. The Morgan fingerprint density at radius 2 is 1.76 bits per heavy atom. The molecule has 5 rings (SSSR count). The van der Waals surface area contributed by atoms with Crippen LogP contribution in [0.15, 0.2) is 84.0 Å². The largest absolute Gasteiger partial charge is 0.495 e. The molecule has 1 fully saturated rings. The van der Waals surface area contributed by atoms with Crippen LogP contribution in [0.2, 0.25) is 5.02 Å². The van der Waals surface area contributed by atoms with E-state index in [1.807, 2.05) is 60.7 Å². The van der Waals surface area contributed by atoms with Crippen LogP contribution in [0.25, 0.3) is 5.69 Å². The van der Waals surface area contributed by atoms with Crippen LogP contribution >= 0.6 is 23.4 Å². The summed E-state index contributed by atoms with van der Waals surface area (Å²) in [5.41, 5.74) is 2.46. The minimum atomic E-state index is -0.541. The molecule has 1 aromatic heterocycles. The number of hydrogen-bond donors (Lipinski definition) is 1. The number of thioether (sulfide) groups is 1. The van der Waals surface area contributed by atoms with E-state index in [1.165, 1.54) is 11.8 Å². The van der Waals surface area contributed by atoms with Crippen molar-refractivity contribution in [2.75, 3.05) is 12.4 Å². The van der Waals surface area contributed by atoms with Crippen molar-refractivity contribution in [1.29, 1.82) is 0 Å². The van der Waals surface area contributed by atoms with Crippen molar-refractivity contribution in [2.24, 2.45) is 0 Å². The summed E-state index contributed by atoms with van der Waals surface area (Å²) in [7, 11) is 1.56. The molecule has 3 aromatic carbocycles. The SMILES string of the molecule is COc1ccc(NC(=O)C(Sc2nnc(C3CC3)n2-c2ccccc2)c2ccccc2)cc1Cl. The van der Waals surface area contributed by atoms with E-state index in [1.54, 1.807) is 25.3 Å². The van der Waals surface area contributed by atoms with E-state index in [0.717, 1.165) is 29.9 Å². The summed E-state index contributed by atoms with van der Waals surface area (Å²) >= 11 is 7.65. The van der Waals surface area contributed by atoms with Gasteiger partial charge in [-0.3, -0.25) is 9.36 Å².